The Kier molecular flexibility index (Phi) is 6.75. The molecule has 3 aromatic carbocycles. The third-order valence-electron chi connectivity index (χ3n) is 4.05. The molecule has 3 rings (SSSR count). The van der Waals surface area contributed by atoms with E-state index in [1.165, 1.54) is 25.3 Å². The first-order valence-electron chi connectivity index (χ1n) is 8.39. The molecule has 0 radical (unpaired) electrons. The highest BCUT2D eigenvalue weighted by atomic mass is 79.9. The van der Waals surface area contributed by atoms with Crippen LogP contribution in [0.25, 0.3) is 0 Å². The molecule has 7 heteroatoms. The van der Waals surface area contributed by atoms with Gasteiger partial charge in [0.1, 0.15) is 18.2 Å². The molecule has 0 fully saturated rings. The number of methoxy groups -OCH3 is 1. The molecule has 0 atom stereocenters. The summed E-state index contributed by atoms with van der Waals surface area (Å²) in [4.78, 5) is 0. The minimum absolute atomic E-state index is 0.0341. The quantitative estimate of drug-likeness (QED) is 0.425. The topological polar surface area (TPSA) is 30.5 Å². The van der Waals surface area contributed by atoms with Crippen molar-refractivity contribution in [2.24, 2.45) is 0 Å². The maximum Gasteiger partial charge on any atom is 0.175 e. The van der Waals surface area contributed by atoms with Crippen molar-refractivity contribution in [2.45, 2.75) is 13.2 Å². The van der Waals surface area contributed by atoms with Crippen molar-refractivity contribution in [3.8, 4) is 11.5 Å². The number of benzene rings is 3. The van der Waals surface area contributed by atoms with E-state index >= 15 is 0 Å². The first kappa shape index (κ1) is 20.4. The zero-order chi connectivity index (χ0) is 20.1. The number of nitrogens with one attached hydrogen (secondary N) is 1. The summed E-state index contributed by atoms with van der Waals surface area (Å²) in [6.07, 6.45) is 0. The zero-order valence-electron chi connectivity index (χ0n) is 14.9. The fourth-order valence-corrected chi connectivity index (χ4v) is 3.42. The van der Waals surface area contributed by atoms with Crippen molar-refractivity contribution in [3.63, 3.8) is 0 Å². The van der Waals surface area contributed by atoms with Crippen LogP contribution in [0.2, 0.25) is 5.02 Å². The summed E-state index contributed by atoms with van der Waals surface area (Å²) in [5.41, 5.74) is 2.00. The van der Waals surface area contributed by atoms with Crippen molar-refractivity contribution in [1.29, 1.82) is 0 Å². The number of halogens is 4. The molecule has 0 aliphatic rings. The van der Waals surface area contributed by atoms with E-state index < -0.39 is 5.82 Å². The van der Waals surface area contributed by atoms with Crippen molar-refractivity contribution in [3.05, 3.63) is 86.9 Å². The van der Waals surface area contributed by atoms with E-state index in [4.69, 9.17) is 21.1 Å². The second-order valence-electron chi connectivity index (χ2n) is 5.96. The summed E-state index contributed by atoms with van der Waals surface area (Å²) in [5.74, 6) is 0.235. The zero-order valence-corrected chi connectivity index (χ0v) is 17.3. The number of hydrogen-bond acceptors (Lipinski definition) is 3. The number of rotatable bonds is 7. The van der Waals surface area contributed by atoms with Gasteiger partial charge in [0.25, 0.3) is 0 Å². The van der Waals surface area contributed by atoms with Crippen molar-refractivity contribution >= 4 is 33.2 Å². The molecule has 146 valence electrons. The van der Waals surface area contributed by atoms with Crippen LogP contribution >= 0.6 is 27.5 Å². The van der Waals surface area contributed by atoms with Gasteiger partial charge in [0.2, 0.25) is 0 Å². The molecule has 0 amide bonds. The molecule has 0 saturated carbocycles. The van der Waals surface area contributed by atoms with Crippen LogP contribution in [0.1, 0.15) is 11.1 Å². The fraction of sp³-hybridized carbons (Fsp3) is 0.143. The molecule has 28 heavy (non-hydrogen) atoms. The molecule has 0 unspecified atom stereocenters. The Hall–Kier alpha value is -2.31. The first-order chi connectivity index (χ1) is 13.5. The van der Waals surface area contributed by atoms with Gasteiger partial charge in [-0.1, -0.05) is 17.7 Å². The molecule has 3 nitrogen and oxygen atoms in total. The van der Waals surface area contributed by atoms with Crippen LogP contribution < -0.4 is 14.8 Å². The van der Waals surface area contributed by atoms with E-state index in [1.54, 1.807) is 24.3 Å². The normalized spacial score (nSPS) is 10.6. The van der Waals surface area contributed by atoms with Gasteiger partial charge in [-0.25, -0.2) is 8.78 Å². The van der Waals surface area contributed by atoms with Crippen LogP contribution in [-0.4, -0.2) is 7.11 Å². The van der Waals surface area contributed by atoms with Crippen LogP contribution in [-0.2, 0) is 13.2 Å². The highest BCUT2D eigenvalue weighted by Gasteiger charge is 2.14. The minimum Gasteiger partial charge on any atom is -0.493 e. The predicted molar refractivity (Wildman–Crippen MR) is 110 cm³/mol. The van der Waals surface area contributed by atoms with Crippen LogP contribution in [0.3, 0.4) is 0 Å². The van der Waals surface area contributed by atoms with Crippen molar-refractivity contribution in [1.82, 2.24) is 0 Å². The Balaban J connectivity index is 1.74. The molecule has 0 bridgehead atoms. The fourth-order valence-electron chi connectivity index (χ4n) is 2.60. The van der Waals surface area contributed by atoms with E-state index in [2.05, 4.69) is 21.2 Å². The first-order valence-corrected chi connectivity index (χ1v) is 9.56. The lowest BCUT2D eigenvalue weighted by molar-refractivity contribution is 0.278. The summed E-state index contributed by atoms with van der Waals surface area (Å²) in [7, 11) is 1.53. The second-order valence-corrected chi connectivity index (χ2v) is 7.22. The summed E-state index contributed by atoms with van der Waals surface area (Å²) in [6.45, 7) is 0.466. The highest BCUT2D eigenvalue weighted by Crippen LogP contribution is 2.38. The molecular weight excluding hydrogens is 452 g/mol. The van der Waals surface area contributed by atoms with E-state index in [0.717, 1.165) is 11.3 Å². The van der Waals surface area contributed by atoms with Crippen LogP contribution in [0.5, 0.6) is 11.5 Å². The maximum atomic E-state index is 13.9. The van der Waals surface area contributed by atoms with Crippen LogP contribution in [0, 0.1) is 11.6 Å². The summed E-state index contributed by atoms with van der Waals surface area (Å²) in [5, 5.41) is 3.51. The Bertz CT molecular complexity index is 947. The van der Waals surface area contributed by atoms with Gasteiger partial charge in [-0.2, -0.15) is 0 Å². The third-order valence-corrected chi connectivity index (χ3v) is 5.00. The average Bonchev–Trinajstić information content (AvgIpc) is 2.68. The maximum absolute atomic E-state index is 13.9. The predicted octanol–water partition coefficient (Wildman–Crippen LogP) is 6.58. The van der Waals surface area contributed by atoms with Gasteiger partial charge < -0.3 is 14.8 Å². The highest BCUT2D eigenvalue weighted by molar-refractivity contribution is 9.10. The van der Waals surface area contributed by atoms with E-state index in [-0.39, 0.29) is 18.0 Å². The summed E-state index contributed by atoms with van der Waals surface area (Å²) < 4.78 is 38.8. The Labute approximate surface area is 175 Å². The van der Waals surface area contributed by atoms with Gasteiger partial charge >= 0.3 is 0 Å². The standard InChI is InChI=1S/C21H17BrClF2NO2/c1-27-20-10-13(11-26-15-7-5-14(24)6-8-15)9-17(22)21(20)28-12-16-18(23)3-2-4-19(16)25/h2-10,26H,11-12H2,1H3. The number of hydrogen-bond donors (Lipinski definition) is 1. The molecule has 1 N–H and O–H groups in total. The van der Waals surface area contributed by atoms with Crippen LogP contribution in [0.4, 0.5) is 14.5 Å². The molecule has 0 aliphatic carbocycles. The lowest BCUT2D eigenvalue weighted by Gasteiger charge is -2.16. The lowest BCUT2D eigenvalue weighted by atomic mass is 10.2. The van der Waals surface area contributed by atoms with E-state index in [9.17, 15) is 8.78 Å². The second kappa shape index (κ2) is 9.26. The summed E-state index contributed by atoms with van der Waals surface area (Å²) >= 11 is 9.53. The van der Waals surface area contributed by atoms with Gasteiger partial charge in [0, 0.05) is 17.8 Å². The molecule has 0 aliphatic heterocycles. The molecule has 0 heterocycles. The van der Waals surface area contributed by atoms with E-state index in [0.29, 0.717) is 27.5 Å². The van der Waals surface area contributed by atoms with E-state index in [1.807, 2.05) is 12.1 Å². The molecule has 0 spiro atoms. The van der Waals surface area contributed by atoms with Gasteiger partial charge in [-0.05, 0) is 70.0 Å². The van der Waals surface area contributed by atoms with Crippen LogP contribution in [0.15, 0.2) is 59.1 Å². The Morgan fingerprint density at radius 2 is 1.82 bits per heavy atom. The molecule has 0 aromatic heterocycles. The third kappa shape index (κ3) is 4.94. The monoisotopic (exact) mass is 467 g/mol. The lowest BCUT2D eigenvalue weighted by Crippen LogP contribution is -2.04. The molecule has 3 aromatic rings. The van der Waals surface area contributed by atoms with Gasteiger partial charge in [-0.3, -0.25) is 0 Å². The molecule has 0 saturated heterocycles. The van der Waals surface area contributed by atoms with Gasteiger partial charge in [0.15, 0.2) is 11.5 Å². The minimum atomic E-state index is -0.428. The largest absolute Gasteiger partial charge is 0.493 e. The molecular formula is C21H17BrClF2NO2. The van der Waals surface area contributed by atoms with Crippen molar-refractivity contribution in [2.75, 3.05) is 12.4 Å². The Morgan fingerprint density at radius 3 is 2.50 bits per heavy atom. The smallest absolute Gasteiger partial charge is 0.175 e. The average molecular weight is 469 g/mol. The number of ether oxygens (including phenoxy) is 2. The summed E-state index contributed by atoms with van der Waals surface area (Å²) in [6, 6.07) is 14.3. The van der Waals surface area contributed by atoms with Gasteiger partial charge in [-0.15, -0.1) is 0 Å². The Morgan fingerprint density at radius 1 is 1.07 bits per heavy atom. The SMILES string of the molecule is COc1cc(CNc2ccc(F)cc2)cc(Br)c1OCc1c(F)cccc1Cl. The van der Waals surface area contributed by atoms with Gasteiger partial charge in [0.05, 0.1) is 16.6 Å². The number of anilines is 1. The van der Waals surface area contributed by atoms with Crippen molar-refractivity contribution < 1.29 is 18.3 Å².